The lowest BCUT2D eigenvalue weighted by molar-refractivity contribution is -0.130. The molecule has 1 aliphatic heterocycles. The summed E-state index contributed by atoms with van der Waals surface area (Å²) >= 11 is 0. The molecule has 4 heteroatoms. The van der Waals surface area contributed by atoms with Gasteiger partial charge in [-0.05, 0) is 37.2 Å². The van der Waals surface area contributed by atoms with Gasteiger partial charge in [-0.1, -0.05) is 13.8 Å². The van der Waals surface area contributed by atoms with Crippen LogP contribution in [0, 0.1) is 5.41 Å². The van der Waals surface area contributed by atoms with E-state index in [1.54, 1.807) is 0 Å². The molecule has 0 radical (unpaired) electrons. The molecule has 1 amide bonds. The number of aromatic nitrogens is 1. The third-order valence-electron chi connectivity index (χ3n) is 4.89. The van der Waals surface area contributed by atoms with Crippen LogP contribution in [0.2, 0.25) is 0 Å². The molecule has 4 nitrogen and oxygen atoms in total. The third-order valence-corrected chi connectivity index (χ3v) is 4.89. The lowest BCUT2D eigenvalue weighted by Crippen LogP contribution is -2.29. The van der Waals surface area contributed by atoms with Gasteiger partial charge >= 0.3 is 0 Å². The smallest absolute Gasteiger partial charge is 0.224 e. The van der Waals surface area contributed by atoms with Gasteiger partial charge in [0, 0.05) is 43.5 Å². The van der Waals surface area contributed by atoms with Crippen LogP contribution in [0.4, 0.5) is 0 Å². The molecule has 2 heterocycles. The van der Waals surface area contributed by atoms with E-state index in [9.17, 15) is 9.90 Å². The average Bonchev–Trinajstić information content (AvgIpc) is 3.03. The monoisotopic (exact) mass is 290 g/mol. The Kier molecular flexibility index (Phi) is 3.82. The second-order valence-corrected chi connectivity index (χ2v) is 7.31. The zero-order chi connectivity index (χ0) is 15.0. The molecule has 1 saturated heterocycles. The van der Waals surface area contributed by atoms with Crippen molar-refractivity contribution in [2.24, 2.45) is 5.41 Å². The second kappa shape index (κ2) is 5.48. The first-order valence-corrected chi connectivity index (χ1v) is 8.10. The summed E-state index contributed by atoms with van der Waals surface area (Å²) in [5.41, 5.74) is 2.40. The Morgan fingerprint density at radius 3 is 2.81 bits per heavy atom. The summed E-state index contributed by atoms with van der Waals surface area (Å²) in [4.78, 5) is 14.1. The fraction of sp³-hybridized carbons (Fsp3) is 0.706. The first kappa shape index (κ1) is 14.6. The predicted molar refractivity (Wildman–Crippen MR) is 81.9 cm³/mol. The molecule has 1 aromatic rings. The van der Waals surface area contributed by atoms with Gasteiger partial charge in [0.2, 0.25) is 5.91 Å². The molecule has 1 atom stereocenters. The molecule has 3 rings (SSSR count). The van der Waals surface area contributed by atoms with E-state index in [0.29, 0.717) is 6.42 Å². The van der Waals surface area contributed by atoms with Gasteiger partial charge in [0.1, 0.15) is 0 Å². The highest BCUT2D eigenvalue weighted by Gasteiger charge is 2.33. The number of nitrogens with zero attached hydrogens (tertiary/aromatic N) is 2. The lowest BCUT2D eigenvalue weighted by atomic mass is 9.75. The maximum atomic E-state index is 12.2. The van der Waals surface area contributed by atoms with Gasteiger partial charge in [-0.15, -0.1) is 0 Å². The van der Waals surface area contributed by atoms with Gasteiger partial charge in [-0.3, -0.25) is 4.79 Å². The SMILES string of the molecule is CC1(C)Cc2c(ccn2CCC(=O)N2CCCC2)C(O)C1. The first-order chi connectivity index (χ1) is 9.96. The number of carbonyl (C=O) groups excluding carboxylic acids is 1. The number of likely N-dealkylation sites (tertiary alicyclic amines) is 1. The average molecular weight is 290 g/mol. The van der Waals surface area contributed by atoms with E-state index >= 15 is 0 Å². The largest absolute Gasteiger partial charge is 0.388 e. The standard InChI is InChI=1S/C17H26N2O2/c1-17(2)11-14-13(15(20)12-17)5-9-18(14)10-6-16(21)19-7-3-4-8-19/h5,9,15,20H,3-4,6-8,10-12H2,1-2H3. The molecule has 1 unspecified atom stereocenters. The Morgan fingerprint density at radius 1 is 1.38 bits per heavy atom. The molecule has 0 bridgehead atoms. The molecular formula is C17H26N2O2. The molecule has 1 fully saturated rings. The fourth-order valence-electron chi connectivity index (χ4n) is 3.74. The van der Waals surface area contributed by atoms with Crippen LogP contribution in [-0.4, -0.2) is 33.6 Å². The Labute approximate surface area is 126 Å². The minimum atomic E-state index is -0.362. The minimum absolute atomic E-state index is 0.126. The number of hydrogen-bond acceptors (Lipinski definition) is 2. The van der Waals surface area contributed by atoms with Crippen LogP contribution in [0.3, 0.4) is 0 Å². The van der Waals surface area contributed by atoms with Crippen LogP contribution in [0.1, 0.15) is 56.9 Å². The van der Waals surface area contributed by atoms with Crippen molar-refractivity contribution in [1.82, 2.24) is 9.47 Å². The summed E-state index contributed by atoms with van der Waals surface area (Å²) in [5, 5.41) is 10.3. The second-order valence-electron chi connectivity index (χ2n) is 7.31. The molecule has 116 valence electrons. The number of aliphatic hydroxyl groups excluding tert-OH is 1. The molecule has 1 aromatic heterocycles. The molecule has 0 spiro atoms. The summed E-state index contributed by atoms with van der Waals surface area (Å²) < 4.78 is 2.17. The molecule has 2 aliphatic rings. The highest BCUT2D eigenvalue weighted by Crippen LogP contribution is 2.41. The zero-order valence-corrected chi connectivity index (χ0v) is 13.1. The Bertz CT molecular complexity index is 527. The van der Waals surface area contributed by atoms with Gasteiger partial charge in [-0.25, -0.2) is 0 Å². The highest BCUT2D eigenvalue weighted by molar-refractivity contribution is 5.76. The van der Waals surface area contributed by atoms with Crippen LogP contribution >= 0.6 is 0 Å². The highest BCUT2D eigenvalue weighted by atomic mass is 16.3. The van der Waals surface area contributed by atoms with E-state index in [1.807, 2.05) is 17.2 Å². The summed E-state index contributed by atoms with van der Waals surface area (Å²) in [6, 6.07) is 2.02. The minimum Gasteiger partial charge on any atom is -0.388 e. The van der Waals surface area contributed by atoms with Gasteiger partial charge in [0.05, 0.1) is 6.10 Å². The number of aliphatic hydroxyl groups is 1. The quantitative estimate of drug-likeness (QED) is 0.929. The van der Waals surface area contributed by atoms with Crippen LogP contribution in [-0.2, 0) is 17.8 Å². The van der Waals surface area contributed by atoms with Crippen LogP contribution < -0.4 is 0 Å². The Morgan fingerprint density at radius 2 is 2.10 bits per heavy atom. The Hall–Kier alpha value is -1.29. The van der Waals surface area contributed by atoms with E-state index < -0.39 is 0 Å². The van der Waals surface area contributed by atoms with Crippen molar-refractivity contribution in [2.45, 2.75) is 58.6 Å². The van der Waals surface area contributed by atoms with E-state index in [2.05, 4.69) is 18.4 Å². The molecule has 21 heavy (non-hydrogen) atoms. The van der Waals surface area contributed by atoms with Gasteiger partial charge < -0.3 is 14.6 Å². The number of carbonyl (C=O) groups is 1. The number of rotatable bonds is 3. The fourth-order valence-corrected chi connectivity index (χ4v) is 3.74. The van der Waals surface area contributed by atoms with E-state index in [0.717, 1.165) is 50.9 Å². The summed E-state index contributed by atoms with van der Waals surface area (Å²) in [6.07, 6.45) is 6.32. The van der Waals surface area contributed by atoms with Crippen molar-refractivity contribution < 1.29 is 9.90 Å². The van der Waals surface area contributed by atoms with Crippen molar-refractivity contribution in [1.29, 1.82) is 0 Å². The molecule has 1 N–H and O–H groups in total. The van der Waals surface area contributed by atoms with Gasteiger partial charge in [-0.2, -0.15) is 0 Å². The summed E-state index contributed by atoms with van der Waals surface area (Å²) in [6.45, 7) is 6.98. The maximum absolute atomic E-state index is 12.2. The van der Waals surface area contributed by atoms with Crippen molar-refractivity contribution in [2.75, 3.05) is 13.1 Å². The lowest BCUT2D eigenvalue weighted by Gasteiger charge is -2.34. The number of hydrogen-bond donors (Lipinski definition) is 1. The number of fused-ring (bicyclic) bond motifs is 1. The van der Waals surface area contributed by atoms with Crippen molar-refractivity contribution in [3.05, 3.63) is 23.5 Å². The van der Waals surface area contributed by atoms with Gasteiger partial charge in [0.25, 0.3) is 0 Å². The predicted octanol–water partition coefficient (Wildman–Crippen LogP) is 2.51. The summed E-state index contributed by atoms with van der Waals surface area (Å²) in [5.74, 6) is 0.269. The van der Waals surface area contributed by atoms with E-state index in [4.69, 9.17) is 0 Å². The van der Waals surface area contributed by atoms with Crippen molar-refractivity contribution >= 4 is 5.91 Å². The van der Waals surface area contributed by atoms with Crippen molar-refractivity contribution in [3.8, 4) is 0 Å². The molecule has 0 aromatic carbocycles. The van der Waals surface area contributed by atoms with Crippen LogP contribution in [0.5, 0.6) is 0 Å². The topological polar surface area (TPSA) is 45.5 Å². The first-order valence-electron chi connectivity index (χ1n) is 8.10. The van der Waals surface area contributed by atoms with Crippen LogP contribution in [0.25, 0.3) is 0 Å². The zero-order valence-electron chi connectivity index (χ0n) is 13.1. The van der Waals surface area contributed by atoms with E-state index in [1.165, 1.54) is 5.69 Å². The number of amides is 1. The third kappa shape index (κ3) is 3.00. The summed E-state index contributed by atoms with van der Waals surface area (Å²) in [7, 11) is 0. The van der Waals surface area contributed by atoms with E-state index in [-0.39, 0.29) is 17.4 Å². The normalized spacial score (nSPS) is 24.1. The number of aryl methyl sites for hydroxylation is 1. The molecular weight excluding hydrogens is 264 g/mol. The molecule has 0 saturated carbocycles. The van der Waals surface area contributed by atoms with Crippen molar-refractivity contribution in [3.63, 3.8) is 0 Å². The van der Waals surface area contributed by atoms with Crippen LogP contribution in [0.15, 0.2) is 12.3 Å². The van der Waals surface area contributed by atoms with Gasteiger partial charge in [0.15, 0.2) is 0 Å². The maximum Gasteiger partial charge on any atom is 0.224 e. The Balaban J connectivity index is 1.68. The molecule has 1 aliphatic carbocycles.